The molecular formula is C15H16N2O3S2. The fourth-order valence-corrected chi connectivity index (χ4v) is 2.92. The standard InChI is InChI=1S/C15H16N2O3S2/c1-16-22(19,20)14-9-3-11(4-10-14)15(18)17-12-5-7-13(21-2)8-6-12/h3-10,16H,1-2H3,(H,17,18). The van der Waals surface area contributed by atoms with Gasteiger partial charge in [0.15, 0.2) is 0 Å². The maximum absolute atomic E-state index is 12.1. The van der Waals surface area contributed by atoms with Gasteiger partial charge >= 0.3 is 0 Å². The maximum atomic E-state index is 12.1. The lowest BCUT2D eigenvalue weighted by molar-refractivity contribution is 0.102. The Morgan fingerprint density at radius 1 is 1.00 bits per heavy atom. The first kappa shape index (κ1) is 16.5. The zero-order valence-electron chi connectivity index (χ0n) is 12.2. The van der Waals surface area contributed by atoms with Crippen molar-refractivity contribution in [2.75, 3.05) is 18.6 Å². The molecule has 2 N–H and O–H groups in total. The molecule has 116 valence electrons. The Morgan fingerprint density at radius 2 is 1.59 bits per heavy atom. The third kappa shape index (κ3) is 3.88. The molecule has 0 atom stereocenters. The van der Waals surface area contributed by atoms with Crippen molar-refractivity contribution in [3.8, 4) is 0 Å². The zero-order valence-corrected chi connectivity index (χ0v) is 13.8. The SMILES string of the molecule is CNS(=O)(=O)c1ccc(C(=O)Nc2ccc(SC)cc2)cc1. The number of anilines is 1. The second-order valence-electron chi connectivity index (χ2n) is 4.41. The summed E-state index contributed by atoms with van der Waals surface area (Å²) in [6, 6.07) is 13.2. The van der Waals surface area contributed by atoms with Gasteiger partial charge in [-0.2, -0.15) is 0 Å². The van der Waals surface area contributed by atoms with Crippen molar-refractivity contribution in [2.45, 2.75) is 9.79 Å². The number of hydrogen-bond acceptors (Lipinski definition) is 4. The van der Waals surface area contributed by atoms with E-state index in [9.17, 15) is 13.2 Å². The molecule has 0 heterocycles. The molecule has 22 heavy (non-hydrogen) atoms. The average Bonchev–Trinajstić information content (AvgIpc) is 2.55. The molecule has 0 saturated carbocycles. The highest BCUT2D eigenvalue weighted by Gasteiger charge is 2.12. The minimum absolute atomic E-state index is 0.121. The molecule has 0 unspecified atom stereocenters. The number of nitrogens with one attached hydrogen (secondary N) is 2. The van der Waals surface area contributed by atoms with E-state index in [-0.39, 0.29) is 10.8 Å². The topological polar surface area (TPSA) is 75.3 Å². The van der Waals surface area contributed by atoms with Crippen molar-refractivity contribution in [2.24, 2.45) is 0 Å². The predicted molar refractivity (Wildman–Crippen MR) is 88.9 cm³/mol. The van der Waals surface area contributed by atoms with Crippen LogP contribution in [0, 0.1) is 0 Å². The lowest BCUT2D eigenvalue weighted by Crippen LogP contribution is -2.19. The van der Waals surface area contributed by atoms with Crippen LogP contribution in [0.1, 0.15) is 10.4 Å². The third-order valence-corrected chi connectivity index (χ3v) is 5.22. The van der Waals surface area contributed by atoms with Gasteiger partial charge < -0.3 is 5.32 Å². The molecule has 5 nitrogen and oxygen atoms in total. The van der Waals surface area contributed by atoms with Crippen LogP contribution < -0.4 is 10.0 Å². The lowest BCUT2D eigenvalue weighted by atomic mass is 10.2. The molecule has 0 radical (unpaired) electrons. The molecule has 2 aromatic rings. The van der Waals surface area contributed by atoms with E-state index in [0.717, 1.165) is 4.90 Å². The van der Waals surface area contributed by atoms with Gasteiger partial charge in [-0.1, -0.05) is 0 Å². The summed E-state index contributed by atoms with van der Waals surface area (Å²) in [6.45, 7) is 0. The van der Waals surface area contributed by atoms with Crippen molar-refractivity contribution >= 4 is 33.4 Å². The van der Waals surface area contributed by atoms with E-state index in [0.29, 0.717) is 11.3 Å². The van der Waals surface area contributed by atoms with Crippen molar-refractivity contribution in [1.29, 1.82) is 0 Å². The Hall–Kier alpha value is -1.83. The third-order valence-electron chi connectivity index (χ3n) is 3.04. The van der Waals surface area contributed by atoms with Gasteiger partial charge in [-0.3, -0.25) is 4.79 Å². The van der Waals surface area contributed by atoms with E-state index in [1.54, 1.807) is 11.8 Å². The zero-order chi connectivity index (χ0) is 16.2. The molecule has 2 aromatic carbocycles. The lowest BCUT2D eigenvalue weighted by Gasteiger charge is -2.07. The van der Waals surface area contributed by atoms with Crippen molar-refractivity contribution < 1.29 is 13.2 Å². The molecule has 0 fully saturated rings. The van der Waals surface area contributed by atoms with E-state index >= 15 is 0 Å². The van der Waals surface area contributed by atoms with Gasteiger partial charge in [0.25, 0.3) is 5.91 Å². The highest BCUT2D eigenvalue weighted by atomic mass is 32.2. The Kier molecular flexibility index (Phi) is 5.23. The second-order valence-corrected chi connectivity index (χ2v) is 7.18. The Bertz CT molecular complexity index is 754. The molecule has 1 amide bonds. The molecule has 0 bridgehead atoms. The van der Waals surface area contributed by atoms with Crippen molar-refractivity contribution in [3.05, 3.63) is 54.1 Å². The van der Waals surface area contributed by atoms with E-state index in [1.807, 2.05) is 30.5 Å². The average molecular weight is 336 g/mol. The van der Waals surface area contributed by atoms with Gasteiger partial charge in [0.2, 0.25) is 10.0 Å². The molecule has 0 spiro atoms. The van der Waals surface area contributed by atoms with Crippen LogP contribution in [0.4, 0.5) is 5.69 Å². The normalized spacial score (nSPS) is 11.2. The minimum atomic E-state index is -3.49. The number of amides is 1. The van der Waals surface area contributed by atoms with Crippen molar-refractivity contribution in [3.63, 3.8) is 0 Å². The largest absolute Gasteiger partial charge is 0.322 e. The van der Waals surface area contributed by atoms with Gasteiger partial charge in [0.05, 0.1) is 4.90 Å². The number of sulfonamides is 1. The summed E-state index contributed by atoms with van der Waals surface area (Å²) in [4.78, 5) is 13.3. The summed E-state index contributed by atoms with van der Waals surface area (Å²) in [5, 5.41) is 2.77. The van der Waals surface area contributed by atoms with Crippen LogP contribution in [-0.4, -0.2) is 27.6 Å². The quantitative estimate of drug-likeness (QED) is 0.823. The van der Waals surface area contributed by atoms with E-state index < -0.39 is 10.0 Å². The molecule has 0 aliphatic rings. The van der Waals surface area contributed by atoms with E-state index in [2.05, 4.69) is 10.0 Å². The van der Waals surface area contributed by atoms with Crippen LogP contribution in [-0.2, 0) is 10.0 Å². The van der Waals surface area contributed by atoms with E-state index in [1.165, 1.54) is 31.3 Å². The molecular weight excluding hydrogens is 320 g/mol. The summed E-state index contributed by atoms with van der Waals surface area (Å²) in [7, 11) is -2.15. The van der Waals surface area contributed by atoms with Gasteiger partial charge in [0, 0.05) is 16.1 Å². The van der Waals surface area contributed by atoms with Crippen LogP contribution in [0.25, 0.3) is 0 Å². The minimum Gasteiger partial charge on any atom is -0.322 e. The monoisotopic (exact) mass is 336 g/mol. The Morgan fingerprint density at radius 3 is 2.09 bits per heavy atom. The van der Waals surface area contributed by atoms with Crippen molar-refractivity contribution in [1.82, 2.24) is 4.72 Å². The van der Waals surface area contributed by atoms with Gasteiger partial charge in [-0.15, -0.1) is 11.8 Å². The first-order valence-electron chi connectivity index (χ1n) is 6.45. The Labute approximate surface area is 134 Å². The molecule has 0 aromatic heterocycles. The van der Waals surface area contributed by atoms with Crippen LogP contribution >= 0.6 is 11.8 Å². The van der Waals surface area contributed by atoms with Gasteiger partial charge in [-0.05, 0) is 61.8 Å². The van der Waals surface area contributed by atoms with Gasteiger partial charge in [-0.25, -0.2) is 13.1 Å². The molecule has 7 heteroatoms. The fraction of sp³-hybridized carbons (Fsp3) is 0.133. The first-order valence-corrected chi connectivity index (χ1v) is 9.16. The number of rotatable bonds is 5. The molecule has 2 rings (SSSR count). The maximum Gasteiger partial charge on any atom is 0.255 e. The predicted octanol–water partition coefficient (Wildman–Crippen LogP) is 2.57. The summed E-state index contributed by atoms with van der Waals surface area (Å²) in [5.41, 5.74) is 1.08. The first-order chi connectivity index (χ1) is 10.5. The van der Waals surface area contributed by atoms with Crippen LogP contribution in [0.2, 0.25) is 0 Å². The van der Waals surface area contributed by atoms with Crippen LogP contribution in [0.15, 0.2) is 58.3 Å². The molecule has 0 saturated heterocycles. The number of carbonyl (C=O) groups excluding carboxylic acids is 1. The smallest absolute Gasteiger partial charge is 0.255 e. The number of hydrogen-bond donors (Lipinski definition) is 2. The van der Waals surface area contributed by atoms with E-state index in [4.69, 9.17) is 0 Å². The Balaban J connectivity index is 2.12. The summed E-state index contributed by atoms with van der Waals surface area (Å²) in [6.07, 6.45) is 1.98. The highest BCUT2D eigenvalue weighted by molar-refractivity contribution is 7.98. The van der Waals surface area contributed by atoms with Crippen LogP contribution in [0.3, 0.4) is 0 Å². The number of benzene rings is 2. The second kappa shape index (κ2) is 6.95. The summed E-state index contributed by atoms with van der Waals surface area (Å²) in [5.74, 6) is -0.287. The fourth-order valence-electron chi connectivity index (χ4n) is 1.78. The summed E-state index contributed by atoms with van der Waals surface area (Å²) < 4.78 is 25.5. The number of thioether (sulfide) groups is 1. The molecule has 0 aliphatic heterocycles. The number of carbonyl (C=O) groups is 1. The van der Waals surface area contributed by atoms with Crippen LogP contribution in [0.5, 0.6) is 0 Å². The molecule has 0 aliphatic carbocycles. The summed E-state index contributed by atoms with van der Waals surface area (Å²) >= 11 is 1.62. The highest BCUT2D eigenvalue weighted by Crippen LogP contribution is 2.18. The van der Waals surface area contributed by atoms with Gasteiger partial charge in [0.1, 0.15) is 0 Å².